The molecule has 0 fully saturated rings. The summed E-state index contributed by atoms with van der Waals surface area (Å²) in [4.78, 5) is 10.3. The van der Waals surface area contributed by atoms with Gasteiger partial charge in [-0.25, -0.2) is 0 Å². The van der Waals surface area contributed by atoms with Gasteiger partial charge in [0.25, 0.3) is 0 Å². The van der Waals surface area contributed by atoms with Gasteiger partial charge >= 0.3 is 5.69 Å². The second-order valence-electron chi connectivity index (χ2n) is 2.72. The van der Waals surface area contributed by atoms with Crippen LogP contribution in [0.1, 0.15) is 0 Å². The van der Waals surface area contributed by atoms with Crippen LogP contribution >= 0.6 is 23.1 Å². The van der Waals surface area contributed by atoms with Gasteiger partial charge in [0.1, 0.15) is 9.72 Å². The molecule has 0 spiro atoms. The minimum Gasteiger partial charge on any atom is -0.480 e. The van der Waals surface area contributed by atoms with Crippen LogP contribution in [0.25, 0.3) is 10.1 Å². The summed E-state index contributed by atoms with van der Waals surface area (Å²) >= 11 is 6.75. The van der Waals surface area contributed by atoms with Crippen LogP contribution in [0.4, 0.5) is 5.69 Å². The van der Waals surface area contributed by atoms with Gasteiger partial charge < -0.3 is 4.74 Å². The Morgan fingerprint density at radius 3 is 2.93 bits per heavy atom. The highest BCUT2D eigenvalue weighted by molar-refractivity contribution is 7.14. The van der Waals surface area contributed by atoms with Crippen LogP contribution < -0.4 is 4.74 Å². The van der Waals surface area contributed by atoms with Gasteiger partial charge in [0.2, 0.25) is 5.88 Å². The van der Waals surface area contributed by atoms with E-state index in [2.05, 4.69) is 4.37 Å². The number of benzene rings is 1. The summed E-state index contributed by atoms with van der Waals surface area (Å²) in [7, 11) is 1.47. The van der Waals surface area contributed by atoms with Gasteiger partial charge in [0.15, 0.2) is 0 Å². The van der Waals surface area contributed by atoms with E-state index < -0.39 is 4.92 Å². The zero-order chi connectivity index (χ0) is 11.0. The first-order chi connectivity index (χ1) is 7.15. The van der Waals surface area contributed by atoms with Crippen molar-refractivity contribution in [1.82, 2.24) is 4.37 Å². The third-order valence-corrected chi connectivity index (χ3v) is 3.07. The lowest BCUT2D eigenvalue weighted by Crippen LogP contribution is -1.89. The number of ether oxygens (including phenoxy) is 1. The predicted molar refractivity (Wildman–Crippen MR) is 57.8 cm³/mol. The number of nitro benzene ring substituents is 1. The molecule has 0 atom stereocenters. The molecule has 0 amide bonds. The first-order valence-electron chi connectivity index (χ1n) is 3.91. The fourth-order valence-electron chi connectivity index (χ4n) is 1.26. The number of halogens is 1. The van der Waals surface area contributed by atoms with E-state index in [1.165, 1.54) is 13.2 Å². The number of hydrogen-bond donors (Lipinski definition) is 0. The second kappa shape index (κ2) is 3.63. The van der Waals surface area contributed by atoms with E-state index in [1.54, 1.807) is 6.07 Å². The number of nitro groups is 1. The summed E-state index contributed by atoms with van der Waals surface area (Å²) in [6.07, 6.45) is 0. The van der Waals surface area contributed by atoms with Crippen molar-refractivity contribution in [2.75, 3.05) is 7.11 Å². The van der Waals surface area contributed by atoms with Gasteiger partial charge in [0.05, 0.1) is 17.4 Å². The lowest BCUT2D eigenvalue weighted by atomic mass is 10.2. The molecule has 2 aromatic rings. The van der Waals surface area contributed by atoms with E-state index >= 15 is 0 Å². The third-order valence-electron chi connectivity index (χ3n) is 1.91. The monoisotopic (exact) mass is 244 g/mol. The van der Waals surface area contributed by atoms with Gasteiger partial charge in [-0.15, -0.1) is 0 Å². The van der Waals surface area contributed by atoms with Crippen molar-refractivity contribution in [3.63, 3.8) is 0 Å². The normalized spacial score (nSPS) is 10.5. The molecule has 7 heteroatoms. The van der Waals surface area contributed by atoms with Crippen LogP contribution in [0.15, 0.2) is 12.1 Å². The molecule has 2 rings (SSSR count). The molecular formula is C8H5ClN2O3S. The molecule has 0 aliphatic carbocycles. The third kappa shape index (κ3) is 1.51. The van der Waals surface area contributed by atoms with Crippen molar-refractivity contribution in [1.29, 1.82) is 0 Å². The quantitative estimate of drug-likeness (QED) is 0.602. The van der Waals surface area contributed by atoms with Gasteiger partial charge in [-0.1, -0.05) is 11.6 Å². The minimum absolute atomic E-state index is 0.110. The van der Waals surface area contributed by atoms with Crippen LogP contribution in [-0.4, -0.2) is 16.4 Å². The number of methoxy groups -OCH3 is 1. The van der Waals surface area contributed by atoms with Crippen LogP contribution in [0, 0.1) is 10.1 Å². The van der Waals surface area contributed by atoms with E-state index in [4.69, 9.17) is 16.3 Å². The predicted octanol–water partition coefficient (Wildman–Crippen LogP) is 2.87. The molecule has 0 aliphatic heterocycles. The fraction of sp³-hybridized carbons (Fsp3) is 0.125. The Morgan fingerprint density at radius 1 is 1.60 bits per heavy atom. The van der Waals surface area contributed by atoms with E-state index in [1.807, 2.05) is 0 Å². The van der Waals surface area contributed by atoms with Crippen molar-refractivity contribution in [3.8, 4) is 5.88 Å². The summed E-state index contributed by atoms with van der Waals surface area (Å²) in [5.41, 5.74) is -0.116. The van der Waals surface area contributed by atoms with E-state index in [0.717, 1.165) is 11.5 Å². The molecule has 0 aliphatic rings. The smallest absolute Gasteiger partial charge is 0.307 e. The maximum atomic E-state index is 10.8. The average Bonchev–Trinajstić information content (AvgIpc) is 2.59. The summed E-state index contributed by atoms with van der Waals surface area (Å²) in [5.74, 6) is 0.384. The van der Waals surface area contributed by atoms with Crippen LogP contribution in [-0.2, 0) is 0 Å². The van der Waals surface area contributed by atoms with Crippen molar-refractivity contribution in [3.05, 3.63) is 27.3 Å². The maximum Gasteiger partial charge on any atom is 0.307 e. The van der Waals surface area contributed by atoms with Crippen LogP contribution in [0.3, 0.4) is 0 Å². The SMILES string of the molecule is COc1nsc2c([N+](=O)[O-])c(Cl)ccc12. The molecule has 0 saturated heterocycles. The topological polar surface area (TPSA) is 65.3 Å². The molecular weight excluding hydrogens is 240 g/mol. The van der Waals surface area contributed by atoms with Gasteiger partial charge in [-0.3, -0.25) is 10.1 Å². The molecule has 0 radical (unpaired) electrons. The Labute approximate surface area is 93.5 Å². The Kier molecular flexibility index (Phi) is 2.45. The van der Waals surface area contributed by atoms with Crippen molar-refractivity contribution in [2.45, 2.75) is 0 Å². The molecule has 15 heavy (non-hydrogen) atoms. The Bertz CT molecular complexity index is 540. The summed E-state index contributed by atoms with van der Waals surface area (Å²) in [6, 6.07) is 3.13. The minimum atomic E-state index is -0.512. The largest absolute Gasteiger partial charge is 0.480 e. The van der Waals surface area contributed by atoms with Crippen LogP contribution in [0.2, 0.25) is 5.02 Å². The zero-order valence-corrected chi connectivity index (χ0v) is 9.13. The Balaban J connectivity index is 2.83. The van der Waals surface area contributed by atoms with E-state index in [-0.39, 0.29) is 10.7 Å². The Hall–Kier alpha value is -1.40. The second-order valence-corrected chi connectivity index (χ2v) is 3.90. The Morgan fingerprint density at radius 2 is 2.33 bits per heavy atom. The lowest BCUT2D eigenvalue weighted by Gasteiger charge is -1.96. The van der Waals surface area contributed by atoms with Gasteiger partial charge in [-0.2, -0.15) is 4.37 Å². The summed E-state index contributed by atoms with van der Waals surface area (Å²) < 4.78 is 9.36. The number of aromatic nitrogens is 1. The van der Waals surface area contributed by atoms with Crippen LogP contribution in [0.5, 0.6) is 5.88 Å². The van der Waals surface area contributed by atoms with Crippen molar-refractivity contribution < 1.29 is 9.66 Å². The fourth-order valence-corrected chi connectivity index (χ4v) is 2.42. The average molecular weight is 245 g/mol. The van der Waals surface area contributed by atoms with E-state index in [0.29, 0.717) is 16.0 Å². The van der Waals surface area contributed by atoms with E-state index in [9.17, 15) is 10.1 Å². The number of hydrogen-bond acceptors (Lipinski definition) is 5. The molecule has 5 nitrogen and oxygen atoms in total. The molecule has 1 heterocycles. The molecule has 0 unspecified atom stereocenters. The zero-order valence-electron chi connectivity index (χ0n) is 7.56. The highest BCUT2D eigenvalue weighted by Gasteiger charge is 2.21. The highest BCUT2D eigenvalue weighted by atomic mass is 35.5. The van der Waals surface area contributed by atoms with Crippen molar-refractivity contribution in [2.24, 2.45) is 0 Å². The lowest BCUT2D eigenvalue weighted by molar-refractivity contribution is -0.382. The molecule has 0 bridgehead atoms. The number of nitrogens with zero attached hydrogens (tertiary/aromatic N) is 2. The first kappa shape index (κ1) is 10.1. The standard InChI is InChI=1S/C8H5ClN2O3S/c1-14-8-4-2-3-5(9)6(11(12)13)7(4)15-10-8/h2-3H,1H3. The summed E-state index contributed by atoms with van der Waals surface area (Å²) in [5, 5.41) is 11.5. The number of fused-ring (bicyclic) bond motifs is 1. The maximum absolute atomic E-state index is 10.8. The summed E-state index contributed by atoms with van der Waals surface area (Å²) in [6.45, 7) is 0. The first-order valence-corrected chi connectivity index (χ1v) is 5.06. The van der Waals surface area contributed by atoms with Crippen molar-refractivity contribution >= 4 is 38.9 Å². The molecule has 1 aromatic heterocycles. The molecule has 0 N–H and O–H groups in total. The van der Waals surface area contributed by atoms with Gasteiger partial charge in [-0.05, 0) is 23.7 Å². The molecule has 0 saturated carbocycles. The van der Waals surface area contributed by atoms with Gasteiger partial charge in [0, 0.05) is 0 Å². The molecule has 78 valence electrons. The molecule has 1 aromatic carbocycles. The highest BCUT2D eigenvalue weighted by Crippen LogP contribution is 2.39. The number of rotatable bonds is 2.